The summed E-state index contributed by atoms with van der Waals surface area (Å²) in [6.45, 7) is 15.7. The van der Waals surface area contributed by atoms with Crippen molar-refractivity contribution in [3.8, 4) is 0 Å². The molecule has 0 aliphatic carbocycles. The van der Waals surface area contributed by atoms with Gasteiger partial charge in [0.1, 0.15) is 0 Å². The van der Waals surface area contributed by atoms with E-state index >= 15 is 0 Å². The number of amides is 1. The maximum atomic E-state index is 12.6. The number of rotatable bonds is 12. The van der Waals surface area contributed by atoms with Crippen molar-refractivity contribution in [3.63, 3.8) is 0 Å². The molecule has 0 radical (unpaired) electrons. The molecule has 1 amide bonds. The summed E-state index contributed by atoms with van der Waals surface area (Å²) in [7, 11) is -11.0. The second-order valence-electron chi connectivity index (χ2n) is 17.5. The molecule has 0 unspecified atom stereocenters. The van der Waals surface area contributed by atoms with E-state index in [0.29, 0.717) is 51.2 Å². The number of carbonyl (C=O) groups is 1. The van der Waals surface area contributed by atoms with Crippen LogP contribution in [0.15, 0.2) is 130 Å². The first kappa shape index (κ1) is 55.6. The van der Waals surface area contributed by atoms with Crippen molar-refractivity contribution < 1.29 is 30.0 Å². The van der Waals surface area contributed by atoms with Crippen LogP contribution >= 0.6 is 35.6 Å². The number of hydrogen-bond acceptors (Lipinski definition) is 8. The quantitative estimate of drug-likeness (QED) is 0.0934. The summed E-state index contributed by atoms with van der Waals surface area (Å²) in [5.41, 5.74) is 11.2. The highest BCUT2D eigenvalue weighted by atomic mass is 35.5. The highest BCUT2D eigenvalue weighted by Gasteiger charge is 2.25. The first-order valence-corrected chi connectivity index (χ1v) is 28.4. The molecule has 7 aromatic rings. The van der Waals surface area contributed by atoms with E-state index in [1.54, 1.807) is 85.5 Å². The summed E-state index contributed by atoms with van der Waals surface area (Å²) in [6.07, 6.45) is 3.64. The molecule has 4 N–H and O–H groups in total. The van der Waals surface area contributed by atoms with Crippen LogP contribution in [0.1, 0.15) is 66.3 Å². The summed E-state index contributed by atoms with van der Waals surface area (Å²) in [5, 5.41) is 1.88. The minimum absolute atomic E-state index is 0. The van der Waals surface area contributed by atoms with E-state index in [1.165, 1.54) is 24.2 Å². The van der Waals surface area contributed by atoms with Crippen LogP contribution in [-0.4, -0.2) is 55.8 Å². The highest BCUT2D eigenvalue weighted by molar-refractivity contribution is 7.93. The third-order valence-corrected chi connectivity index (χ3v) is 17.9. The van der Waals surface area contributed by atoms with Crippen LogP contribution in [0.2, 0.25) is 10.0 Å². The van der Waals surface area contributed by atoms with Gasteiger partial charge in [-0.15, -0.1) is 12.4 Å². The maximum Gasteiger partial charge on any atom is 0.262 e. The first-order chi connectivity index (χ1) is 33.6. The highest BCUT2D eigenvalue weighted by Crippen LogP contribution is 2.34. The second kappa shape index (κ2) is 23.0. The number of nitrogens with one attached hydrogen (secondary N) is 4. The van der Waals surface area contributed by atoms with Gasteiger partial charge in [-0.1, -0.05) is 60.8 Å². The van der Waals surface area contributed by atoms with Gasteiger partial charge in [0.2, 0.25) is 5.91 Å². The topological polar surface area (TPSA) is 178 Å². The molecule has 0 fully saturated rings. The summed E-state index contributed by atoms with van der Waals surface area (Å²) < 4.78 is 83.5. The molecule has 1 aromatic heterocycles. The predicted molar refractivity (Wildman–Crippen MR) is 296 cm³/mol. The number of carbonyl (C=O) groups excluding carboxylic acids is 1. The van der Waals surface area contributed by atoms with Gasteiger partial charge < -0.3 is 14.8 Å². The van der Waals surface area contributed by atoms with Crippen LogP contribution in [0.25, 0.3) is 10.9 Å². The standard InChI is InChI=1S/C19H22N2O2S.C17H17ClN2O3S.C17H19ClN2O2S.ClH/c1-4-5-15-6-9-17(10-7-15)24(22,23)21-16-8-11-19-18(12-16)13(2)14(3)20-19;1-11-15(18)4-3-5-17(11)24(22,23)19-14-6-7-16-13(10-14)8-9-20(16)12(2)21;1-3-20-10-9-13-11-14(7-8-16(13)20)19-23(21,22)17-6-4-5-15(18)12(17)2;/h6-12,20-21H,4-5H2,1-3H3;3-7,10,19H,8-9H2,1-2H3;4-8,11,19H,3,9-10H2,1-2H3;1H. The zero-order valence-corrected chi connectivity index (χ0v) is 45.8. The third-order valence-electron chi connectivity index (χ3n) is 12.7. The van der Waals surface area contributed by atoms with Gasteiger partial charge in [0, 0.05) is 81.6 Å². The van der Waals surface area contributed by atoms with Gasteiger partial charge in [-0.2, -0.15) is 0 Å². The fourth-order valence-corrected chi connectivity index (χ4v) is 12.8. The smallest absolute Gasteiger partial charge is 0.262 e. The monoisotopic (exact) mass is 1090 g/mol. The molecule has 9 rings (SSSR count). The Morgan fingerprint density at radius 2 is 1.11 bits per heavy atom. The molecule has 19 heteroatoms. The first-order valence-electron chi connectivity index (χ1n) is 23.2. The zero-order chi connectivity index (χ0) is 51.4. The van der Waals surface area contributed by atoms with Gasteiger partial charge in [0.25, 0.3) is 30.1 Å². The molecule has 382 valence electrons. The Morgan fingerprint density at radius 1 is 0.611 bits per heavy atom. The number of aromatic nitrogens is 1. The maximum absolute atomic E-state index is 12.6. The average molecular weight is 1090 g/mol. The number of aryl methyl sites for hydroxylation is 3. The molecule has 13 nitrogen and oxygen atoms in total. The molecule has 0 spiro atoms. The lowest BCUT2D eigenvalue weighted by Gasteiger charge is -2.17. The number of halogens is 3. The van der Waals surface area contributed by atoms with Crippen LogP contribution in [0.5, 0.6) is 0 Å². The minimum atomic E-state index is -3.73. The summed E-state index contributed by atoms with van der Waals surface area (Å²) in [5.74, 6) is -0.0170. The molecular formula is C53H59Cl3N6O7S3. The SMILES string of the molecule is CC(=O)N1CCc2cc(NS(=O)(=O)c3cccc(Cl)c3C)ccc21.CCCc1ccc(S(=O)(=O)Nc2ccc3[nH]c(C)c(C)c3c2)cc1.CCN1CCc2cc(NS(=O)(=O)c3cccc(Cl)c3C)ccc21.Cl. The molecule has 6 aromatic carbocycles. The lowest BCUT2D eigenvalue weighted by Crippen LogP contribution is -2.25. The Balaban J connectivity index is 0.000000175. The number of sulfonamides is 3. The van der Waals surface area contributed by atoms with Crippen molar-refractivity contribution >= 4 is 111 Å². The number of likely N-dealkylation sites (N-methyl/N-ethyl adjacent to an activating group) is 1. The normalized spacial score (nSPS) is 13.0. The lowest BCUT2D eigenvalue weighted by atomic mass is 10.1. The molecule has 3 heterocycles. The number of anilines is 5. The Labute approximate surface area is 439 Å². The van der Waals surface area contributed by atoms with E-state index < -0.39 is 30.1 Å². The average Bonchev–Trinajstić information content (AvgIpc) is 4.02. The molecule has 72 heavy (non-hydrogen) atoms. The largest absolute Gasteiger partial charge is 0.371 e. The second-order valence-corrected chi connectivity index (χ2v) is 23.3. The van der Waals surface area contributed by atoms with Crippen molar-refractivity contribution in [3.05, 3.63) is 164 Å². The van der Waals surface area contributed by atoms with Gasteiger partial charge in [0.05, 0.1) is 14.7 Å². The van der Waals surface area contributed by atoms with Crippen LogP contribution in [0.3, 0.4) is 0 Å². The van der Waals surface area contributed by atoms with Gasteiger partial charge in [-0.3, -0.25) is 19.0 Å². The van der Waals surface area contributed by atoms with Crippen LogP contribution in [0, 0.1) is 27.7 Å². The number of fused-ring (bicyclic) bond motifs is 3. The number of H-pyrrole nitrogens is 1. The molecule has 0 saturated heterocycles. The molecule has 0 bridgehead atoms. The Bertz CT molecular complexity index is 3480. The third kappa shape index (κ3) is 12.5. The van der Waals surface area contributed by atoms with Gasteiger partial charge in [-0.05, 0) is 178 Å². The number of aromatic amines is 1. The molecule has 2 aliphatic rings. The zero-order valence-electron chi connectivity index (χ0n) is 41.1. The van der Waals surface area contributed by atoms with Crippen molar-refractivity contribution in [1.29, 1.82) is 0 Å². The number of nitrogens with zero attached hydrogens (tertiary/aromatic N) is 2. The lowest BCUT2D eigenvalue weighted by molar-refractivity contribution is -0.116. The Kier molecular flexibility index (Phi) is 17.7. The Hall–Kier alpha value is -5.75. The van der Waals surface area contributed by atoms with E-state index in [9.17, 15) is 30.0 Å². The Morgan fingerprint density at radius 3 is 1.65 bits per heavy atom. The van der Waals surface area contributed by atoms with Crippen molar-refractivity contribution in [2.45, 2.75) is 88.8 Å². The van der Waals surface area contributed by atoms with E-state index in [4.69, 9.17) is 23.2 Å². The molecular weight excluding hydrogens is 1040 g/mol. The van der Waals surface area contributed by atoms with E-state index in [0.717, 1.165) is 71.3 Å². The van der Waals surface area contributed by atoms with E-state index in [1.807, 2.05) is 56.3 Å². The van der Waals surface area contributed by atoms with Gasteiger partial charge >= 0.3 is 0 Å². The van der Waals surface area contributed by atoms with Crippen LogP contribution in [0.4, 0.5) is 28.4 Å². The fourth-order valence-electron chi connectivity index (χ4n) is 8.70. The van der Waals surface area contributed by atoms with Crippen molar-refractivity contribution in [1.82, 2.24) is 4.98 Å². The van der Waals surface area contributed by atoms with Crippen molar-refractivity contribution in [2.24, 2.45) is 0 Å². The molecule has 0 atom stereocenters. The van der Waals surface area contributed by atoms with Crippen LogP contribution < -0.4 is 24.0 Å². The summed E-state index contributed by atoms with van der Waals surface area (Å²) in [6, 6.07) is 33.2. The number of hydrogen-bond donors (Lipinski definition) is 4. The van der Waals surface area contributed by atoms with E-state index in [-0.39, 0.29) is 33.0 Å². The molecule has 0 saturated carbocycles. The number of benzene rings is 6. The van der Waals surface area contributed by atoms with Gasteiger partial charge in [0.15, 0.2) is 0 Å². The van der Waals surface area contributed by atoms with Crippen LogP contribution in [-0.2, 0) is 54.1 Å². The fraction of sp³-hybridized carbons (Fsp3) is 0.264. The summed E-state index contributed by atoms with van der Waals surface area (Å²) >= 11 is 12.0. The van der Waals surface area contributed by atoms with Gasteiger partial charge in [-0.25, -0.2) is 25.3 Å². The van der Waals surface area contributed by atoms with Crippen molar-refractivity contribution in [2.75, 3.05) is 43.6 Å². The van der Waals surface area contributed by atoms with E-state index in [2.05, 4.69) is 37.9 Å². The minimum Gasteiger partial charge on any atom is -0.371 e. The molecule has 2 aliphatic heterocycles. The summed E-state index contributed by atoms with van der Waals surface area (Å²) in [4.78, 5) is 19.5. The predicted octanol–water partition coefficient (Wildman–Crippen LogP) is 12.1.